The fourth-order valence-corrected chi connectivity index (χ4v) is 2.27. The maximum atomic E-state index is 11.7. The van der Waals surface area contributed by atoms with E-state index in [0.717, 1.165) is 18.2 Å². The fourth-order valence-electron chi connectivity index (χ4n) is 1.23. The number of rotatable bonds is 4. The van der Waals surface area contributed by atoms with E-state index in [-0.39, 0.29) is 11.2 Å². The minimum absolute atomic E-state index is 0.139. The lowest BCUT2D eigenvalue weighted by molar-refractivity contribution is -0.150. The van der Waals surface area contributed by atoms with Crippen molar-refractivity contribution in [3.8, 4) is 0 Å². The van der Waals surface area contributed by atoms with Gasteiger partial charge in [-0.3, -0.25) is 4.79 Å². The van der Waals surface area contributed by atoms with Crippen molar-refractivity contribution in [1.82, 2.24) is 5.32 Å². The summed E-state index contributed by atoms with van der Waals surface area (Å²) in [6, 6.07) is 0. The molecule has 0 aromatic heterocycles. The third-order valence-electron chi connectivity index (χ3n) is 2.22. The lowest BCUT2D eigenvalue weighted by Gasteiger charge is -2.23. The van der Waals surface area contributed by atoms with Crippen LogP contribution in [0.3, 0.4) is 0 Å². The van der Waals surface area contributed by atoms with Crippen molar-refractivity contribution in [2.75, 3.05) is 12.4 Å². The normalized spacial score (nSPS) is 26.0. The topological polar surface area (TPSA) is 55.4 Å². The highest BCUT2D eigenvalue weighted by Gasteiger charge is 2.44. The third-order valence-corrected chi connectivity index (χ3v) is 3.22. The molecule has 1 aliphatic heterocycles. The number of nitrogens with one attached hydrogen (secondary N) is 1. The molecular formula is C9H15NO3S. The van der Waals surface area contributed by atoms with Gasteiger partial charge in [-0.1, -0.05) is 25.6 Å². The Kier molecular flexibility index (Phi) is 3.80. The van der Waals surface area contributed by atoms with E-state index in [1.54, 1.807) is 0 Å². The molecule has 0 aromatic carbocycles. The van der Waals surface area contributed by atoms with Crippen LogP contribution in [0.2, 0.25) is 0 Å². The summed E-state index contributed by atoms with van der Waals surface area (Å²) in [5, 5.41) is 2.54. The van der Waals surface area contributed by atoms with Gasteiger partial charge < -0.3 is 10.1 Å². The summed E-state index contributed by atoms with van der Waals surface area (Å²) in [4.78, 5) is 22.7. The van der Waals surface area contributed by atoms with Crippen molar-refractivity contribution >= 4 is 23.0 Å². The second-order valence-electron chi connectivity index (χ2n) is 3.27. The first-order valence-electron chi connectivity index (χ1n) is 4.77. The maximum absolute atomic E-state index is 11.7. The van der Waals surface area contributed by atoms with Crippen LogP contribution >= 0.6 is 11.8 Å². The molecule has 0 aromatic rings. The molecule has 1 rings (SSSR count). The van der Waals surface area contributed by atoms with Gasteiger partial charge in [-0.25, -0.2) is 4.79 Å². The number of carbonyl (C=O) groups excluding carboxylic acids is 2. The molecule has 1 atom stereocenters. The number of thioether (sulfide) groups is 1. The molecule has 1 aliphatic rings. The van der Waals surface area contributed by atoms with Crippen LogP contribution in [0.25, 0.3) is 0 Å². The molecule has 1 amide bonds. The van der Waals surface area contributed by atoms with Crippen LogP contribution < -0.4 is 5.32 Å². The van der Waals surface area contributed by atoms with Gasteiger partial charge in [0, 0.05) is 5.75 Å². The van der Waals surface area contributed by atoms with Crippen molar-refractivity contribution in [2.45, 2.75) is 32.2 Å². The van der Waals surface area contributed by atoms with Gasteiger partial charge in [-0.15, -0.1) is 0 Å². The van der Waals surface area contributed by atoms with E-state index >= 15 is 0 Å². The number of ether oxygens (including phenoxy) is 1. The number of amides is 1. The van der Waals surface area contributed by atoms with E-state index in [9.17, 15) is 9.59 Å². The molecule has 14 heavy (non-hydrogen) atoms. The molecule has 5 heteroatoms. The predicted octanol–water partition coefficient (Wildman–Crippen LogP) is 1.54. The van der Waals surface area contributed by atoms with E-state index in [0.29, 0.717) is 18.8 Å². The average Bonchev–Trinajstić information content (AvgIpc) is 2.58. The lowest BCUT2D eigenvalue weighted by atomic mass is 9.99. The molecule has 80 valence electrons. The molecule has 0 radical (unpaired) electrons. The molecule has 0 unspecified atom stereocenters. The highest BCUT2D eigenvalue weighted by atomic mass is 32.2. The molecule has 1 saturated heterocycles. The van der Waals surface area contributed by atoms with Crippen LogP contribution in [0.4, 0.5) is 4.79 Å². The molecule has 4 nitrogen and oxygen atoms in total. The Balaban J connectivity index is 2.60. The number of hydrogen-bond donors (Lipinski definition) is 1. The second kappa shape index (κ2) is 4.68. The largest absolute Gasteiger partial charge is 0.464 e. The van der Waals surface area contributed by atoms with Crippen LogP contribution in [-0.2, 0) is 9.53 Å². The summed E-state index contributed by atoms with van der Waals surface area (Å²) in [6.45, 7) is 4.23. The monoisotopic (exact) mass is 217 g/mol. The van der Waals surface area contributed by atoms with Gasteiger partial charge in [0.1, 0.15) is 5.54 Å². The van der Waals surface area contributed by atoms with Crippen molar-refractivity contribution in [2.24, 2.45) is 0 Å². The number of esters is 1. The zero-order valence-electron chi connectivity index (χ0n) is 8.46. The van der Waals surface area contributed by atoms with Crippen molar-refractivity contribution in [3.05, 3.63) is 0 Å². The van der Waals surface area contributed by atoms with Crippen LogP contribution in [0.5, 0.6) is 0 Å². The molecular weight excluding hydrogens is 202 g/mol. The molecule has 1 N–H and O–H groups in total. The Bertz CT molecular complexity index is 244. The van der Waals surface area contributed by atoms with Gasteiger partial charge in [0.05, 0.1) is 6.61 Å². The minimum atomic E-state index is -0.781. The quantitative estimate of drug-likeness (QED) is 0.726. The summed E-state index contributed by atoms with van der Waals surface area (Å²) >= 11 is 1.14. The van der Waals surface area contributed by atoms with Crippen LogP contribution in [0.1, 0.15) is 26.7 Å². The van der Waals surface area contributed by atoms with Gasteiger partial charge in [0.25, 0.3) is 5.24 Å². The third kappa shape index (κ3) is 2.20. The van der Waals surface area contributed by atoms with Crippen molar-refractivity contribution in [3.63, 3.8) is 0 Å². The Morgan fingerprint density at radius 2 is 2.36 bits per heavy atom. The summed E-state index contributed by atoms with van der Waals surface area (Å²) in [5.74, 6) is 0.172. The van der Waals surface area contributed by atoms with Crippen molar-refractivity contribution < 1.29 is 14.3 Å². The zero-order chi connectivity index (χ0) is 10.6. The molecule has 1 heterocycles. The summed E-state index contributed by atoms with van der Waals surface area (Å²) < 4.78 is 5.05. The zero-order valence-corrected chi connectivity index (χ0v) is 9.28. The van der Waals surface area contributed by atoms with Gasteiger partial charge in [0.2, 0.25) is 0 Å². The minimum Gasteiger partial charge on any atom is -0.464 e. The number of carbonyl (C=O) groups is 2. The second-order valence-corrected chi connectivity index (χ2v) is 4.22. The highest BCUT2D eigenvalue weighted by Crippen LogP contribution is 2.27. The SMILES string of the molecule is CCCOC(=O)[C@@]1(CC)CSC(=O)N1. The van der Waals surface area contributed by atoms with E-state index in [4.69, 9.17) is 4.74 Å². The fraction of sp³-hybridized carbons (Fsp3) is 0.778. The van der Waals surface area contributed by atoms with E-state index in [1.165, 1.54) is 0 Å². The van der Waals surface area contributed by atoms with Crippen LogP contribution in [-0.4, -0.2) is 29.1 Å². The van der Waals surface area contributed by atoms with Gasteiger partial charge in [-0.05, 0) is 12.8 Å². The Hall–Kier alpha value is -0.710. The average molecular weight is 217 g/mol. The van der Waals surface area contributed by atoms with E-state index in [1.807, 2.05) is 13.8 Å². The molecule has 0 bridgehead atoms. The van der Waals surface area contributed by atoms with Crippen molar-refractivity contribution in [1.29, 1.82) is 0 Å². The molecule has 1 fully saturated rings. The van der Waals surface area contributed by atoms with E-state index in [2.05, 4.69) is 5.32 Å². The van der Waals surface area contributed by atoms with Gasteiger partial charge in [-0.2, -0.15) is 0 Å². The summed E-state index contributed by atoms with van der Waals surface area (Å²) in [7, 11) is 0. The summed E-state index contributed by atoms with van der Waals surface area (Å²) in [6.07, 6.45) is 1.38. The maximum Gasteiger partial charge on any atom is 0.332 e. The van der Waals surface area contributed by atoms with Crippen LogP contribution in [0, 0.1) is 0 Å². The first kappa shape index (κ1) is 11.4. The van der Waals surface area contributed by atoms with E-state index < -0.39 is 5.54 Å². The van der Waals surface area contributed by atoms with Gasteiger partial charge in [0.15, 0.2) is 0 Å². The molecule has 0 saturated carbocycles. The molecule has 0 aliphatic carbocycles. The smallest absolute Gasteiger partial charge is 0.332 e. The highest BCUT2D eigenvalue weighted by molar-refractivity contribution is 8.14. The standard InChI is InChI=1S/C9H15NO3S/c1-3-5-13-7(11)9(4-2)6-14-8(12)10-9/h3-6H2,1-2H3,(H,10,12)/t9-/m1/s1. The van der Waals surface area contributed by atoms with Crippen LogP contribution in [0.15, 0.2) is 0 Å². The lowest BCUT2D eigenvalue weighted by Crippen LogP contribution is -2.51. The van der Waals surface area contributed by atoms with Gasteiger partial charge >= 0.3 is 5.97 Å². The molecule has 0 spiro atoms. The first-order valence-corrected chi connectivity index (χ1v) is 5.75. The Labute approximate surface area is 87.8 Å². The first-order chi connectivity index (χ1) is 6.64. The predicted molar refractivity (Wildman–Crippen MR) is 55.3 cm³/mol. The Morgan fingerprint density at radius 3 is 2.79 bits per heavy atom. The Morgan fingerprint density at radius 1 is 1.64 bits per heavy atom. The number of hydrogen-bond acceptors (Lipinski definition) is 4. The summed E-state index contributed by atoms with van der Waals surface area (Å²) in [5.41, 5.74) is -0.781.